The predicted molar refractivity (Wildman–Crippen MR) is 102 cm³/mol. The summed E-state index contributed by atoms with van der Waals surface area (Å²) in [5.41, 5.74) is -0.0926. The van der Waals surface area contributed by atoms with Crippen LogP contribution in [-0.2, 0) is 19.6 Å². The zero-order valence-electron chi connectivity index (χ0n) is 15.7. The fourth-order valence-electron chi connectivity index (χ4n) is 2.14. The minimum absolute atomic E-state index is 0.0733. The number of halogens is 1. The summed E-state index contributed by atoms with van der Waals surface area (Å²) >= 11 is 0. The maximum Gasteiger partial charge on any atom is 0.321 e. The number of hydrogen-bond acceptors (Lipinski definition) is 5. The molecular weight excluding hydrogens is 387 g/mol. The summed E-state index contributed by atoms with van der Waals surface area (Å²) in [5, 5.41) is 2.58. The van der Waals surface area contributed by atoms with Gasteiger partial charge in [0, 0.05) is 11.3 Å². The molecule has 0 aromatic heterocycles. The lowest BCUT2D eigenvalue weighted by Crippen LogP contribution is -2.34. The van der Waals surface area contributed by atoms with Gasteiger partial charge in [-0.15, -0.1) is 0 Å². The number of hydrogen-bond donors (Lipinski definition) is 2. The second-order valence-electron chi connectivity index (χ2n) is 6.90. The van der Waals surface area contributed by atoms with E-state index in [1.165, 1.54) is 48.5 Å². The van der Waals surface area contributed by atoms with E-state index in [1.54, 1.807) is 20.8 Å². The van der Waals surface area contributed by atoms with Gasteiger partial charge in [-0.05, 0) is 69.3 Å². The van der Waals surface area contributed by atoms with Crippen LogP contribution in [0.2, 0.25) is 0 Å². The number of amides is 1. The van der Waals surface area contributed by atoms with Crippen LogP contribution < -0.4 is 10.0 Å². The van der Waals surface area contributed by atoms with Crippen molar-refractivity contribution in [1.82, 2.24) is 4.72 Å². The summed E-state index contributed by atoms with van der Waals surface area (Å²) in [6, 6.07) is 10.4. The Kier molecular flexibility index (Phi) is 6.52. The SMILES string of the molecule is CC(C)(C)OC(=O)CNS(=O)(=O)c1ccc(NC(=O)c2ccc(F)cc2)cc1. The van der Waals surface area contributed by atoms with Crippen molar-refractivity contribution in [3.8, 4) is 0 Å². The highest BCUT2D eigenvalue weighted by molar-refractivity contribution is 7.89. The Labute approximate surface area is 163 Å². The Morgan fingerprint density at radius 3 is 2.11 bits per heavy atom. The number of rotatable bonds is 6. The first-order chi connectivity index (χ1) is 13.0. The average Bonchev–Trinajstić information content (AvgIpc) is 2.60. The molecule has 0 aliphatic heterocycles. The minimum Gasteiger partial charge on any atom is -0.459 e. The largest absolute Gasteiger partial charge is 0.459 e. The third kappa shape index (κ3) is 6.43. The lowest BCUT2D eigenvalue weighted by atomic mass is 10.2. The van der Waals surface area contributed by atoms with Gasteiger partial charge in [-0.3, -0.25) is 9.59 Å². The predicted octanol–water partition coefficient (Wildman–Crippen LogP) is 2.70. The molecule has 2 aromatic rings. The van der Waals surface area contributed by atoms with Crippen LogP contribution in [0.25, 0.3) is 0 Å². The van der Waals surface area contributed by atoms with Crippen LogP contribution in [-0.4, -0.2) is 32.4 Å². The molecule has 7 nitrogen and oxygen atoms in total. The fraction of sp³-hybridized carbons (Fsp3) is 0.263. The monoisotopic (exact) mass is 408 g/mol. The first kappa shape index (κ1) is 21.5. The van der Waals surface area contributed by atoms with Gasteiger partial charge in [-0.25, -0.2) is 12.8 Å². The van der Waals surface area contributed by atoms with Crippen molar-refractivity contribution in [2.45, 2.75) is 31.3 Å². The Hall–Kier alpha value is -2.78. The van der Waals surface area contributed by atoms with Crippen molar-refractivity contribution in [3.63, 3.8) is 0 Å². The lowest BCUT2D eigenvalue weighted by Gasteiger charge is -2.19. The first-order valence-corrected chi connectivity index (χ1v) is 9.83. The molecule has 2 aromatic carbocycles. The van der Waals surface area contributed by atoms with Gasteiger partial charge < -0.3 is 10.1 Å². The molecule has 0 aliphatic carbocycles. The van der Waals surface area contributed by atoms with Gasteiger partial charge in [0.1, 0.15) is 18.0 Å². The summed E-state index contributed by atoms with van der Waals surface area (Å²) in [6.45, 7) is 4.54. The van der Waals surface area contributed by atoms with Gasteiger partial charge in [0.2, 0.25) is 10.0 Å². The van der Waals surface area contributed by atoms with Crippen LogP contribution in [0.4, 0.5) is 10.1 Å². The van der Waals surface area contributed by atoms with E-state index < -0.39 is 39.9 Å². The third-order valence-corrected chi connectivity index (χ3v) is 4.77. The van der Waals surface area contributed by atoms with E-state index >= 15 is 0 Å². The minimum atomic E-state index is -3.92. The summed E-state index contributed by atoms with van der Waals surface area (Å²) in [5.74, 6) is -1.61. The van der Waals surface area contributed by atoms with Gasteiger partial charge in [0.25, 0.3) is 5.91 Å². The van der Waals surface area contributed by atoms with Crippen LogP contribution in [0.3, 0.4) is 0 Å². The Morgan fingerprint density at radius 2 is 1.57 bits per heavy atom. The molecule has 0 radical (unpaired) electrons. The van der Waals surface area contributed by atoms with Crippen LogP contribution in [0.5, 0.6) is 0 Å². The maximum atomic E-state index is 12.9. The van der Waals surface area contributed by atoms with E-state index in [4.69, 9.17) is 4.74 Å². The molecule has 0 saturated heterocycles. The molecule has 2 rings (SSSR count). The number of esters is 1. The van der Waals surface area contributed by atoms with Gasteiger partial charge in [0.05, 0.1) is 4.90 Å². The zero-order valence-corrected chi connectivity index (χ0v) is 16.5. The Morgan fingerprint density at radius 1 is 1.00 bits per heavy atom. The highest BCUT2D eigenvalue weighted by Crippen LogP contribution is 2.15. The fourth-order valence-corrected chi connectivity index (χ4v) is 3.11. The molecule has 0 aliphatic rings. The number of nitrogens with one attached hydrogen (secondary N) is 2. The quantitative estimate of drug-likeness (QED) is 0.716. The lowest BCUT2D eigenvalue weighted by molar-refractivity contribution is -0.153. The standard InChI is InChI=1S/C19H21FN2O5S/c1-19(2,3)27-17(23)12-21-28(25,26)16-10-8-15(9-11-16)22-18(24)13-4-6-14(20)7-5-13/h4-11,21H,12H2,1-3H3,(H,22,24). The van der Waals surface area contributed by atoms with Crippen molar-refractivity contribution in [2.24, 2.45) is 0 Å². The molecule has 9 heteroatoms. The van der Waals surface area contributed by atoms with Crippen molar-refractivity contribution < 1.29 is 27.1 Å². The van der Waals surface area contributed by atoms with Crippen molar-refractivity contribution in [1.29, 1.82) is 0 Å². The van der Waals surface area contributed by atoms with Crippen LogP contribution in [0, 0.1) is 5.82 Å². The number of carbonyl (C=O) groups is 2. The number of sulfonamides is 1. The highest BCUT2D eigenvalue weighted by atomic mass is 32.2. The van der Waals surface area contributed by atoms with Crippen LogP contribution >= 0.6 is 0 Å². The molecule has 0 spiro atoms. The Bertz CT molecular complexity index is 949. The first-order valence-electron chi connectivity index (χ1n) is 8.35. The van der Waals surface area contributed by atoms with Gasteiger partial charge >= 0.3 is 5.97 Å². The summed E-state index contributed by atoms with van der Waals surface area (Å²) < 4.78 is 44.6. The van der Waals surface area contributed by atoms with E-state index in [1.807, 2.05) is 0 Å². The van der Waals surface area contributed by atoms with E-state index in [9.17, 15) is 22.4 Å². The molecule has 0 bridgehead atoms. The number of anilines is 1. The van der Waals surface area contributed by atoms with E-state index in [0.717, 1.165) is 0 Å². The average molecular weight is 408 g/mol. The normalized spacial score (nSPS) is 11.7. The summed E-state index contributed by atoms with van der Waals surface area (Å²) in [4.78, 5) is 23.7. The van der Waals surface area contributed by atoms with E-state index in [0.29, 0.717) is 5.69 Å². The van der Waals surface area contributed by atoms with Gasteiger partial charge in [0.15, 0.2) is 0 Å². The van der Waals surface area contributed by atoms with Gasteiger partial charge in [-0.2, -0.15) is 4.72 Å². The maximum absolute atomic E-state index is 12.9. The third-order valence-electron chi connectivity index (χ3n) is 3.36. The van der Waals surface area contributed by atoms with Crippen LogP contribution in [0.1, 0.15) is 31.1 Å². The highest BCUT2D eigenvalue weighted by Gasteiger charge is 2.20. The van der Waals surface area contributed by atoms with Crippen molar-refractivity contribution >= 4 is 27.6 Å². The summed E-state index contributed by atoms with van der Waals surface area (Å²) in [7, 11) is -3.92. The van der Waals surface area contributed by atoms with E-state index in [2.05, 4.69) is 10.0 Å². The van der Waals surface area contributed by atoms with Crippen molar-refractivity contribution in [3.05, 3.63) is 59.9 Å². The molecule has 150 valence electrons. The molecule has 0 heterocycles. The molecule has 2 N–H and O–H groups in total. The zero-order chi connectivity index (χ0) is 20.9. The molecule has 0 fully saturated rings. The van der Waals surface area contributed by atoms with Gasteiger partial charge in [-0.1, -0.05) is 0 Å². The van der Waals surface area contributed by atoms with Crippen molar-refractivity contribution in [2.75, 3.05) is 11.9 Å². The number of benzene rings is 2. The number of carbonyl (C=O) groups excluding carboxylic acids is 2. The van der Waals surface area contributed by atoms with Crippen LogP contribution in [0.15, 0.2) is 53.4 Å². The smallest absolute Gasteiger partial charge is 0.321 e. The second-order valence-corrected chi connectivity index (χ2v) is 8.66. The topological polar surface area (TPSA) is 102 Å². The Balaban J connectivity index is 1.99. The molecule has 0 unspecified atom stereocenters. The molecule has 28 heavy (non-hydrogen) atoms. The summed E-state index contributed by atoms with van der Waals surface area (Å²) in [6.07, 6.45) is 0. The molecular formula is C19H21FN2O5S. The second kappa shape index (κ2) is 8.49. The number of ether oxygens (including phenoxy) is 1. The van der Waals surface area contributed by atoms with E-state index in [-0.39, 0.29) is 10.5 Å². The molecule has 1 amide bonds. The molecule has 0 atom stereocenters. The molecule has 0 saturated carbocycles.